The van der Waals surface area contributed by atoms with Gasteiger partial charge in [0.2, 0.25) is 0 Å². The topological polar surface area (TPSA) is 9.23 Å². The van der Waals surface area contributed by atoms with Crippen molar-refractivity contribution < 1.29 is 35.5 Å². The Balaban J connectivity index is 1.43. The first-order valence-electron chi connectivity index (χ1n) is 12.7. The Morgan fingerprint density at radius 2 is 1.34 bits per heavy atom. The number of benzene rings is 1. The van der Waals surface area contributed by atoms with E-state index in [0.717, 1.165) is 36.2 Å². The predicted octanol–water partition coefficient (Wildman–Crippen LogP) is 9.32. The maximum Gasteiger partial charge on any atom is 0.460 e. The maximum absolute atomic E-state index is 13.4. The molecule has 1 aromatic carbocycles. The van der Waals surface area contributed by atoms with Gasteiger partial charge in [0.15, 0.2) is 6.61 Å². The van der Waals surface area contributed by atoms with Crippen LogP contribution in [0, 0.1) is 23.7 Å². The zero-order valence-electron chi connectivity index (χ0n) is 20.1. The van der Waals surface area contributed by atoms with Crippen LogP contribution in [0.5, 0.6) is 5.75 Å². The molecule has 0 spiro atoms. The molecule has 8 heteroatoms. The summed E-state index contributed by atoms with van der Waals surface area (Å²) in [5.74, 6) is -8.67. The van der Waals surface area contributed by atoms with Gasteiger partial charge in [-0.15, -0.1) is 0 Å². The van der Waals surface area contributed by atoms with Gasteiger partial charge in [0.1, 0.15) is 5.75 Å². The number of hydrogen-bond donors (Lipinski definition) is 0. The third kappa shape index (κ3) is 7.16. The maximum atomic E-state index is 13.4. The highest BCUT2D eigenvalue weighted by molar-refractivity contribution is 5.50. The molecule has 1 aromatic rings. The highest BCUT2D eigenvalue weighted by Crippen LogP contribution is 2.46. The van der Waals surface area contributed by atoms with Gasteiger partial charge in [0.05, 0.1) is 0 Å². The first-order valence-corrected chi connectivity index (χ1v) is 12.7. The molecule has 0 saturated heterocycles. The van der Waals surface area contributed by atoms with Crippen molar-refractivity contribution >= 4 is 6.08 Å². The molecular formula is C27H35F7O. The fourth-order valence-electron chi connectivity index (χ4n) is 5.56. The third-order valence-electron chi connectivity index (χ3n) is 7.75. The van der Waals surface area contributed by atoms with Crippen LogP contribution in [0.4, 0.5) is 30.7 Å². The van der Waals surface area contributed by atoms with Crippen molar-refractivity contribution in [2.45, 2.75) is 89.2 Å². The highest BCUT2D eigenvalue weighted by atomic mass is 19.4. The quantitative estimate of drug-likeness (QED) is 0.302. The lowest BCUT2D eigenvalue weighted by atomic mass is 9.68. The van der Waals surface area contributed by atoms with Crippen molar-refractivity contribution in [2.24, 2.45) is 23.7 Å². The van der Waals surface area contributed by atoms with Crippen LogP contribution in [-0.2, 0) is 0 Å². The predicted molar refractivity (Wildman–Crippen MR) is 123 cm³/mol. The Kier molecular flexibility index (Phi) is 9.19. The van der Waals surface area contributed by atoms with E-state index in [1.54, 1.807) is 12.1 Å². The molecule has 35 heavy (non-hydrogen) atoms. The van der Waals surface area contributed by atoms with E-state index in [1.807, 2.05) is 6.08 Å². The smallest absolute Gasteiger partial charge is 0.460 e. The molecule has 0 bridgehead atoms. The summed E-state index contributed by atoms with van der Waals surface area (Å²) >= 11 is 0. The van der Waals surface area contributed by atoms with Crippen molar-refractivity contribution in [3.63, 3.8) is 0 Å². The SMILES string of the molecule is CCC[C@H]1CC[C@H]([C@H]2CC[C@H](C=Cc3ccc(OCC(F)(F)C(F)(F)C(F)(F)F)cc3)CC2)CC1. The summed E-state index contributed by atoms with van der Waals surface area (Å²) in [5, 5.41) is 0. The molecule has 2 saturated carbocycles. The van der Waals surface area contributed by atoms with E-state index in [4.69, 9.17) is 0 Å². The summed E-state index contributed by atoms with van der Waals surface area (Å²) in [6.07, 6.45) is 10.6. The second-order valence-corrected chi connectivity index (χ2v) is 10.2. The van der Waals surface area contributed by atoms with Crippen LogP contribution in [0.15, 0.2) is 30.3 Å². The van der Waals surface area contributed by atoms with E-state index in [2.05, 4.69) is 17.7 Å². The fourth-order valence-corrected chi connectivity index (χ4v) is 5.56. The van der Waals surface area contributed by atoms with Gasteiger partial charge >= 0.3 is 18.0 Å². The number of allylic oxidation sites excluding steroid dienone is 1. The lowest BCUT2D eigenvalue weighted by Crippen LogP contribution is -2.54. The van der Waals surface area contributed by atoms with E-state index in [1.165, 1.54) is 63.5 Å². The van der Waals surface area contributed by atoms with Gasteiger partial charge in [-0.2, -0.15) is 30.7 Å². The Bertz CT molecular complexity index is 800. The molecule has 0 radical (unpaired) electrons. The van der Waals surface area contributed by atoms with Crippen molar-refractivity contribution in [1.29, 1.82) is 0 Å². The molecule has 1 nitrogen and oxygen atoms in total. The van der Waals surface area contributed by atoms with Crippen molar-refractivity contribution in [2.75, 3.05) is 6.61 Å². The van der Waals surface area contributed by atoms with Crippen LogP contribution in [-0.4, -0.2) is 24.6 Å². The summed E-state index contributed by atoms with van der Waals surface area (Å²) in [6.45, 7) is 0.189. The van der Waals surface area contributed by atoms with Gasteiger partial charge < -0.3 is 4.74 Å². The molecule has 0 heterocycles. The van der Waals surface area contributed by atoms with Gasteiger partial charge in [-0.05, 0) is 79.9 Å². The zero-order valence-corrected chi connectivity index (χ0v) is 20.1. The van der Waals surface area contributed by atoms with Crippen LogP contribution in [0.2, 0.25) is 0 Å². The van der Waals surface area contributed by atoms with Gasteiger partial charge in [-0.3, -0.25) is 0 Å². The zero-order chi connectivity index (χ0) is 25.7. The second kappa shape index (κ2) is 11.5. The molecule has 3 rings (SSSR count). The molecule has 2 fully saturated rings. The molecule has 0 aromatic heterocycles. The van der Waals surface area contributed by atoms with Crippen LogP contribution >= 0.6 is 0 Å². The highest BCUT2D eigenvalue weighted by Gasteiger charge is 2.73. The Labute approximate surface area is 203 Å². The molecule has 2 aliphatic carbocycles. The van der Waals surface area contributed by atoms with Gasteiger partial charge in [0.25, 0.3) is 0 Å². The van der Waals surface area contributed by atoms with Crippen LogP contribution in [0.1, 0.15) is 76.7 Å². The number of rotatable bonds is 9. The van der Waals surface area contributed by atoms with Gasteiger partial charge in [-0.1, -0.05) is 56.9 Å². The molecule has 0 N–H and O–H groups in total. The summed E-state index contributed by atoms with van der Waals surface area (Å²) in [6, 6.07) is 5.69. The van der Waals surface area contributed by atoms with E-state index in [0.29, 0.717) is 5.92 Å². The number of halogens is 7. The Morgan fingerprint density at radius 3 is 1.86 bits per heavy atom. The summed E-state index contributed by atoms with van der Waals surface area (Å²) in [4.78, 5) is 0. The van der Waals surface area contributed by atoms with E-state index < -0.39 is 24.6 Å². The summed E-state index contributed by atoms with van der Waals surface area (Å²) in [7, 11) is 0. The Hall–Kier alpha value is -1.73. The molecular weight excluding hydrogens is 473 g/mol. The largest absolute Gasteiger partial charge is 0.487 e. The van der Waals surface area contributed by atoms with Crippen LogP contribution < -0.4 is 4.74 Å². The standard InChI is InChI=1S/C27H35F7O/c1-2-3-19-6-12-22(13-7-19)23-14-8-20(9-15-23)4-5-21-10-16-24(17-11-21)35-18-25(28,29)26(30,31)27(32,33)34/h4-5,10-11,16-17,19-20,22-23H,2-3,6-9,12-15,18H2,1H3/t19-,20-,22-,23-. The third-order valence-corrected chi connectivity index (χ3v) is 7.75. The monoisotopic (exact) mass is 508 g/mol. The number of alkyl halides is 7. The molecule has 2 aliphatic rings. The van der Waals surface area contributed by atoms with Crippen molar-refractivity contribution in [1.82, 2.24) is 0 Å². The minimum absolute atomic E-state index is 0.200. The van der Waals surface area contributed by atoms with E-state index in [9.17, 15) is 30.7 Å². The fraction of sp³-hybridized carbons (Fsp3) is 0.704. The average molecular weight is 509 g/mol. The molecule has 0 aliphatic heterocycles. The number of hydrogen-bond acceptors (Lipinski definition) is 1. The normalized spacial score (nSPS) is 26.7. The minimum atomic E-state index is -6.36. The summed E-state index contributed by atoms with van der Waals surface area (Å²) < 4.78 is 93.8. The molecule has 0 atom stereocenters. The number of ether oxygens (including phenoxy) is 1. The first-order chi connectivity index (χ1) is 16.4. The van der Waals surface area contributed by atoms with Crippen molar-refractivity contribution in [3.8, 4) is 5.75 Å². The van der Waals surface area contributed by atoms with Crippen LogP contribution in [0.25, 0.3) is 6.08 Å². The molecule has 0 unspecified atom stereocenters. The lowest BCUT2D eigenvalue weighted by molar-refractivity contribution is -0.358. The average Bonchev–Trinajstić information content (AvgIpc) is 2.82. The van der Waals surface area contributed by atoms with Gasteiger partial charge in [0, 0.05) is 0 Å². The first kappa shape index (κ1) is 27.9. The van der Waals surface area contributed by atoms with E-state index in [-0.39, 0.29) is 5.75 Å². The summed E-state index contributed by atoms with van der Waals surface area (Å²) in [5.41, 5.74) is 0.779. The second-order valence-electron chi connectivity index (χ2n) is 10.2. The minimum Gasteiger partial charge on any atom is -0.487 e. The van der Waals surface area contributed by atoms with Crippen LogP contribution in [0.3, 0.4) is 0 Å². The van der Waals surface area contributed by atoms with Crippen molar-refractivity contribution in [3.05, 3.63) is 35.9 Å². The molecule has 0 amide bonds. The van der Waals surface area contributed by atoms with E-state index >= 15 is 0 Å². The van der Waals surface area contributed by atoms with Gasteiger partial charge in [-0.25, -0.2) is 0 Å². The lowest BCUT2D eigenvalue weighted by Gasteiger charge is -2.37. The Morgan fingerprint density at radius 1 is 0.800 bits per heavy atom. The molecule has 198 valence electrons.